The van der Waals surface area contributed by atoms with Gasteiger partial charge in [-0.2, -0.15) is 5.10 Å². The van der Waals surface area contributed by atoms with Crippen LogP contribution in [0.3, 0.4) is 0 Å². The largest absolute Gasteiger partial charge is 0.497 e. The number of rotatable bonds is 6. The molecule has 4 aromatic rings. The lowest BCUT2D eigenvalue weighted by molar-refractivity contribution is 0.0936. The molecule has 0 bridgehead atoms. The topological polar surface area (TPSA) is 86.9 Å². The second kappa shape index (κ2) is 8.84. The molecule has 4 rings (SSSR count). The normalized spacial score (nSPS) is 11.9. The standard InChI is InChI=1S/C23H23ClN6O2/c1-14-13-15(2)30(28-14)19-10-9-18(24)21(26-19)23(31)27-20(22-25-11-12-29(22)3)16-5-7-17(32-4)8-6-16/h5-13,20H,1-4H3,(H,27,31). The van der Waals surface area contributed by atoms with E-state index in [2.05, 4.69) is 20.4 Å². The number of aryl methyl sites for hydroxylation is 3. The van der Waals surface area contributed by atoms with Gasteiger partial charge in [-0.05, 0) is 49.7 Å². The molecular weight excluding hydrogens is 428 g/mol. The highest BCUT2D eigenvalue weighted by atomic mass is 35.5. The Morgan fingerprint density at radius 2 is 1.91 bits per heavy atom. The predicted octanol–water partition coefficient (Wildman–Crippen LogP) is 3.80. The number of halogens is 1. The van der Waals surface area contributed by atoms with Crippen LogP contribution in [0.4, 0.5) is 0 Å². The van der Waals surface area contributed by atoms with Crippen molar-refractivity contribution in [2.75, 3.05) is 7.11 Å². The summed E-state index contributed by atoms with van der Waals surface area (Å²) in [6.07, 6.45) is 3.51. The smallest absolute Gasteiger partial charge is 0.272 e. The minimum Gasteiger partial charge on any atom is -0.497 e. The number of ether oxygens (including phenoxy) is 1. The molecule has 0 fully saturated rings. The summed E-state index contributed by atoms with van der Waals surface area (Å²) in [5.74, 6) is 1.50. The number of aromatic nitrogens is 5. The highest BCUT2D eigenvalue weighted by molar-refractivity contribution is 6.33. The molecule has 9 heteroatoms. The molecule has 3 aromatic heterocycles. The van der Waals surface area contributed by atoms with Gasteiger partial charge in [0.25, 0.3) is 5.91 Å². The van der Waals surface area contributed by atoms with Gasteiger partial charge in [0.1, 0.15) is 23.3 Å². The Morgan fingerprint density at radius 1 is 1.16 bits per heavy atom. The maximum atomic E-state index is 13.3. The molecule has 32 heavy (non-hydrogen) atoms. The molecule has 0 saturated heterocycles. The zero-order valence-electron chi connectivity index (χ0n) is 18.2. The molecule has 0 spiro atoms. The maximum absolute atomic E-state index is 13.3. The van der Waals surface area contributed by atoms with Gasteiger partial charge in [-0.15, -0.1) is 0 Å². The van der Waals surface area contributed by atoms with Crippen molar-refractivity contribution in [2.24, 2.45) is 7.05 Å². The number of imidazole rings is 1. The van der Waals surface area contributed by atoms with E-state index in [-0.39, 0.29) is 10.7 Å². The van der Waals surface area contributed by atoms with E-state index < -0.39 is 11.9 Å². The number of nitrogens with one attached hydrogen (secondary N) is 1. The monoisotopic (exact) mass is 450 g/mol. The van der Waals surface area contributed by atoms with Crippen LogP contribution < -0.4 is 10.1 Å². The lowest BCUT2D eigenvalue weighted by Crippen LogP contribution is -2.32. The molecule has 0 aliphatic rings. The number of carbonyl (C=O) groups excluding carboxylic acids is 1. The zero-order chi connectivity index (χ0) is 22.8. The van der Waals surface area contributed by atoms with Crippen LogP contribution >= 0.6 is 11.6 Å². The summed E-state index contributed by atoms with van der Waals surface area (Å²) in [7, 11) is 3.48. The summed E-state index contributed by atoms with van der Waals surface area (Å²) >= 11 is 6.36. The molecule has 3 heterocycles. The number of pyridine rings is 1. The van der Waals surface area contributed by atoms with Crippen LogP contribution in [-0.2, 0) is 7.05 Å². The second-order valence-corrected chi connectivity index (χ2v) is 7.82. The van der Waals surface area contributed by atoms with Crippen LogP contribution in [-0.4, -0.2) is 37.3 Å². The molecule has 1 unspecified atom stereocenters. The number of hydrogen-bond donors (Lipinski definition) is 1. The fraction of sp³-hybridized carbons (Fsp3) is 0.217. The Bertz CT molecular complexity index is 1260. The van der Waals surface area contributed by atoms with Gasteiger partial charge >= 0.3 is 0 Å². The van der Waals surface area contributed by atoms with E-state index in [4.69, 9.17) is 16.3 Å². The Hall–Kier alpha value is -3.65. The third-order valence-corrected chi connectivity index (χ3v) is 5.42. The maximum Gasteiger partial charge on any atom is 0.272 e. The van der Waals surface area contributed by atoms with Gasteiger partial charge in [-0.25, -0.2) is 14.6 Å². The summed E-state index contributed by atoms with van der Waals surface area (Å²) in [4.78, 5) is 22.2. The van der Waals surface area contributed by atoms with Crippen molar-refractivity contribution in [1.29, 1.82) is 0 Å². The molecule has 0 aliphatic carbocycles. The Morgan fingerprint density at radius 3 is 2.50 bits per heavy atom. The second-order valence-electron chi connectivity index (χ2n) is 7.41. The van der Waals surface area contributed by atoms with Crippen molar-refractivity contribution in [3.63, 3.8) is 0 Å². The van der Waals surface area contributed by atoms with Crippen LogP contribution in [0.5, 0.6) is 5.75 Å². The fourth-order valence-electron chi connectivity index (χ4n) is 3.52. The quantitative estimate of drug-likeness (QED) is 0.482. The average Bonchev–Trinajstić information content (AvgIpc) is 3.36. The van der Waals surface area contributed by atoms with Gasteiger partial charge < -0.3 is 14.6 Å². The first-order chi connectivity index (χ1) is 15.4. The lowest BCUT2D eigenvalue weighted by Gasteiger charge is -2.20. The average molecular weight is 451 g/mol. The molecule has 1 atom stereocenters. The Kier molecular flexibility index (Phi) is 5.96. The first kappa shape index (κ1) is 21.6. The minimum absolute atomic E-state index is 0.115. The molecule has 1 N–H and O–H groups in total. The highest BCUT2D eigenvalue weighted by Crippen LogP contribution is 2.25. The van der Waals surface area contributed by atoms with Crippen molar-refractivity contribution in [1.82, 2.24) is 29.6 Å². The molecule has 1 aromatic carbocycles. The fourth-order valence-corrected chi connectivity index (χ4v) is 3.71. The van der Waals surface area contributed by atoms with E-state index >= 15 is 0 Å². The minimum atomic E-state index is -0.511. The summed E-state index contributed by atoms with van der Waals surface area (Å²) in [6, 6.07) is 12.3. The lowest BCUT2D eigenvalue weighted by atomic mass is 10.1. The van der Waals surface area contributed by atoms with E-state index in [1.54, 1.807) is 30.1 Å². The number of nitrogens with zero attached hydrogens (tertiary/aromatic N) is 5. The Labute approximate surface area is 190 Å². The summed E-state index contributed by atoms with van der Waals surface area (Å²) in [5.41, 5.74) is 2.73. The third kappa shape index (κ3) is 4.22. The van der Waals surface area contributed by atoms with Gasteiger partial charge in [0.15, 0.2) is 5.82 Å². The number of benzene rings is 1. The van der Waals surface area contributed by atoms with Crippen LogP contribution in [0.1, 0.15) is 39.3 Å². The summed E-state index contributed by atoms with van der Waals surface area (Å²) < 4.78 is 8.79. The SMILES string of the molecule is COc1ccc(C(NC(=O)c2nc(-n3nc(C)cc3C)ccc2Cl)c2nccn2C)cc1. The number of methoxy groups -OCH3 is 1. The van der Waals surface area contributed by atoms with Gasteiger partial charge in [-0.3, -0.25) is 4.79 Å². The van der Waals surface area contributed by atoms with Crippen molar-refractivity contribution in [3.8, 4) is 11.6 Å². The summed E-state index contributed by atoms with van der Waals surface area (Å²) in [5, 5.41) is 7.72. The van der Waals surface area contributed by atoms with E-state index in [0.717, 1.165) is 22.7 Å². The van der Waals surface area contributed by atoms with Crippen molar-refractivity contribution < 1.29 is 9.53 Å². The van der Waals surface area contributed by atoms with Crippen LogP contribution in [0.25, 0.3) is 5.82 Å². The van der Waals surface area contributed by atoms with Gasteiger partial charge in [-0.1, -0.05) is 23.7 Å². The Balaban J connectivity index is 1.70. The van der Waals surface area contributed by atoms with Crippen molar-refractivity contribution in [3.05, 3.63) is 88.4 Å². The number of hydrogen-bond acceptors (Lipinski definition) is 5. The first-order valence-corrected chi connectivity index (χ1v) is 10.4. The van der Waals surface area contributed by atoms with Gasteiger partial charge in [0.05, 0.1) is 17.8 Å². The van der Waals surface area contributed by atoms with Gasteiger partial charge in [0, 0.05) is 25.1 Å². The molecule has 164 valence electrons. The molecular formula is C23H23ClN6O2. The van der Waals surface area contributed by atoms with Crippen molar-refractivity contribution in [2.45, 2.75) is 19.9 Å². The predicted molar refractivity (Wildman–Crippen MR) is 121 cm³/mol. The van der Waals surface area contributed by atoms with Crippen LogP contribution in [0.2, 0.25) is 5.02 Å². The molecule has 0 radical (unpaired) electrons. The van der Waals surface area contributed by atoms with E-state index in [1.807, 2.05) is 62.0 Å². The van der Waals surface area contributed by atoms with Crippen molar-refractivity contribution >= 4 is 17.5 Å². The zero-order valence-corrected chi connectivity index (χ0v) is 19.0. The molecule has 8 nitrogen and oxygen atoms in total. The van der Waals surface area contributed by atoms with Crippen LogP contribution in [0.15, 0.2) is 54.9 Å². The number of carbonyl (C=O) groups is 1. The van der Waals surface area contributed by atoms with E-state index in [1.165, 1.54) is 0 Å². The molecule has 0 aliphatic heterocycles. The highest BCUT2D eigenvalue weighted by Gasteiger charge is 2.24. The van der Waals surface area contributed by atoms with Gasteiger partial charge in [0.2, 0.25) is 0 Å². The van der Waals surface area contributed by atoms with Crippen LogP contribution in [0, 0.1) is 13.8 Å². The third-order valence-electron chi connectivity index (χ3n) is 5.11. The summed E-state index contributed by atoms with van der Waals surface area (Å²) in [6.45, 7) is 3.83. The number of amides is 1. The van der Waals surface area contributed by atoms with E-state index in [0.29, 0.717) is 11.6 Å². The first-order valence-electron chi connectivity index (χ1n) is 9.99. The van der Waals surface area contributed by atoms with E-state index in [9.17, 15) is 4.79 Å². The molecule has 1 amide bonds. The molecule has 0 saturated carbocycles.